The van der Waals surface area contributed by atoms with Gasteiger partial charge in [-0.2, -0.15) is 0 Å². The van der Waals surface area contributed by atoms with Gasteiger partial charge in [0.15, 0.2) is 5.82 Å². The van der Waals surface area contributed by atoms with Gasteiger partial charge in [-0.05, 0) is 61.1 Å². The normalized spacial score (nSPS) is 15.2. The SMILES string of the molecule is CCCC1N=C(CC)C(c2ccc(OC(C)C)cc2)=CN1Cc1ccc(-c2ccccc2-c2noc(=O)[nH]2)cc1. The van der Waals surface area contributed by atoms with Crippen LogP contribution in [0.15, 0.2) is 93.3 Å². The summed E-state index contributed by atoms with van der Waals surface area (Å²) in [5, 5.41) is 3.88. The van der Waals surface area contributed by atoms with Crippen molar-refractivity contribution in [3.63, 3.8) is 0 Å². The number of aromatic nitrogens is 2. The third-order valence-electron chi connectivity index (χ3n) is 6.96. The van der Waals surface area contributed by atoms with Gasteiger partial charge >= 0.3 is 5.76 Å². The molecule has 0 aliphatic carbocycles. The molecule has 1 aliphatic heterocycles. The molecule has 1 aliphatic rings. The van der Waals surface area contributed by atoms with Crippen LogP contribution >= 0.6 is 0 Å². The second kappa shape index (κ2) is 12.2. The van der Waals surface area contributed by atoms with E-state index in [0.717, 1.165) is 65.1 Å². The lowest BCUT2D eigenvalue weighted by Gasteiger charge is -2.34. The predicted octanol–water partition coefficient (Wildman–Crippen LogP) is 7.32. The molecule has 0 spiro atoms. The Balaban J connectivity index is 1.41. The first-order valence-electron chi connectivity index (χ1n) is 14.0. The number of rotatable bonds is 10. The maximum atomic E-state index is 11.5. The molecule has 7 nitrogen and oxygen atoms in total. The first-order valence-corrected chi connectivity index (χ1v) is 14.0. The van der Waals surface area contributed by atoms with Crippen molar-refractivity contribution >= 4 is 11.3 Å². The van der Waals surface area contributed by atoms with E-state index in [1.165, 1.54) is 5.56 Å². The molecule has 0 saturated heterocycles. The lowest BCUT2D eigenvalue weighted by atomic mass is 9.97. The Morgan fingerprint density at radius 2 is 1.65 bits per heavy atom. The first kappa shape index (κ1) is 27.2. The Bertz CT molecular complexity index is 1550. The molecule has 1 unspecified atom stereocenters. The molecule has 0 fully saturated rings. The molecule has 5 rings (SSSR count). The monoisotopic (exact) mass is 536 g/mol. The third kappa shape index (κ3) is 6.09. The van der Waals surface area contributed by atoms with Crippen LogP contribution in [0.5, 0.6) is 5.75 Å². The van der Waals surface area contributed by atoms with Gasteiger partial charge in [-0.1, -0.05) is 86.1 Å². The molecule has 0 bridgehead atoms. The zero-order chi connectivity index (χ0) is 28.1. The van der Waals surface area contributed by atoms with Gasteiger partial charge in [-0.3, -0.25) is 14.5 Å². The lowest BCUT2D eigenvalue weighted by molar-refractivity contribution is 0.242. The van der Waals surface area contributed by atoms with E-state index < -0.39 is 5.76 Å². The number of H-pyrrole nitrogens is 1. The quantitative estimate of drug-likeness (QED) is 0.230. The smallest absolute Gasteiger partial charge is 0.439 e. The highest BCUT2D eigenvalue weighted by atomic mass is 16.5. The molecule has 1 aromatic heterocycles. The summed E-state index contributed by atoms with van der Waals surface area (Å²) in [4.78, 5) is 21.7. The number of aliphatic imine (C=N–C) groups is 1. The highest BCUT2D eigenvalue weighted by molar-refractivity contribution is 6.24. The van der Waals surface area contributed by atoms with E-state index in [9.17, 15) is 4.79 Å². The molecule has 0 radical (unpaired) electrons. The Kier molecular flexibility index (Phi) is 8.29. The van der Waals surface area contributed by atoms with Gasteiger partial charge in [-0.15, -0.1) is 0 Å². The van der Waals surface area contributed by atoms with Crippen molar-refractivity contribution in [3.05, 3.63) is 101 Å². The van der Waals surface area contributed by atoms with Crippen LogP contribution in [-0.4, -0.2) is 33.0 Å². The third-order valence-corrected chi connectivity index (χ3v) is 6.96. The van der Waals surface area contributed by atoms with Gasteiger partial charge in [0.2, 0.25) is 0 Å². The molecule has 4 aromatic rings. The van der Waals surface area contributed by atoms with E-state index in [-0.39, 0.29) is 12.3 Å². The first-order chi connectivity index (χ1) is 19.4. The number of hydrogen-bond donors (Lipinski definition) is 1. The van der Waals surface area contributed by atoms with Crippen LogP contribution in [0, 0.1) is 0 Å². The van der Waals surface area contributed by atoms with Gasteiger partial charge in [-0.25, -0.2) is 4.79 Å². The van der Waals surface area contributed by atoms with Crippen LogP contribution < -0.4 is 10.5 Å². The van der Waals surface area contributed by atoms with Gasteiger partial charge < -0.3 is 9.64 Å². The maximum absolute atomic E-state index is 11.5. The van der Waals surface area contributed by atoms with Crippen LogP contribution in [0.3, 0.4) is 0 Å². The zero-order valence-electron chi connectivity index (χ0n) is 23.6. The van der Waals surface area contributed by atoms with E-state index in [0.29, 0.717) is 5.82 Å². The Labute approximate surface area is 235 Å². The second-order valence-electron chi connectivity index (χ2n) is 10.3. The Morgan fingerprint density at radius 1 is 0.950 bits per heavy atom. The summed E-state index contributed by atoms with van der Waals surface area (Å²) in [5.74, 6) is 0.735. The minimum atomic E-state index is -0.565. The lowest BCUT2D eigenvalue weighted by Crippen LogP contribution is -2.33. The highest BCUT2D eigenvalue weighted by Crippen LogP contribution is 2.32. The second-order valence-corrected chi connectivity index (χ2v) is 10.3. The fraction of sp³-hybridized carbons (Fsp3) is 0.303. The van der Waals surface area contributed by atoms with Crippen LogP contribution in [-0.2, 0) is 6.54 Å². The molecule has 7 heteroatoms. The average Bonchev–Trinajstić information content (AvgIpc) is 3.40. The van der Waals surface area contributed by atoms with Crippen molar-refractivity contribution in [3.8, 4) is 28.3 Å². The molecule has 1 N–H and O–H groups in total. The van der Waals surface area contributed by atoms with E-state index in [1.54, 1.807) is 0 Å². The van der Waals surface area contributed by atoms with Crippen LogP contribution in [0.25, 0.3) is 28.1 Å². The summed E-state index contributed by atoms with van der Waals surface area (Å²) in [6, 6.07) is 24.7. The number of allylic oxidation sites excluding steroid dienone is 1. The largest absolute Gasteiger partial charge is 0.491 e. The van der Waals surface area contributed by atoms with Crippen molar-refractivity contribution < 1.29 is 9.26 Å². The topological polar surface area (TPSA) is 83.7 Å². The molecular formula is C33H36N4O3. The summed E-state index contributed by atoms with van der Waals surface area (Å²) < 4.78 is 10.6. The van der Waals surface area contributed by atoms with E-state index in [2.05, 4.69) is 71.5 Å². The van der Waals surface area contributed by atoms with Crippen LogP contribution in [0.2, 0.25) is 0 Å². The Morgan fingerprint density at radius 3 is 2.27 bits per heavy atom. The van der Waals surface area contributed by atoms with E-state index in [1.807, 2.05) is 50.2 Å². The fourth-order valence-corrected chi connectivity index (χ4v) is 5.09. The maximum Gasteiger partial charge on any atom is 0.439 e. The summed E-state index contributed by atoms with van der Waals surface area (Å²) in [5.41, 5.74) is 7.49. The average molecular weight is 537 g/mol. The fourth-order valence-electron chi connectivity index (χ4n) is 5.09. The van der Waals surface area contributed by atoms with E-state index in [4.69, 9.17) is 14.3 Å². The number of nitrogens with zero attached hydrogens (tertiary/aromatic N) is 3. The standard InChI is InChI=1S/C33H36N4O3/c1-5-9-31-34-30(6-2)29(25-16-18-26(19-17-25)39-22(3)4)21-37(31)20-23-12-14-24(15-13-23)27-10-7-8-11-28(27)32-35-33(38)40-36-32/h7-8,10-19,21-22,31H,5-6,9,20H2,1-4H3,(H,35,36,38). The molecular weight excluding hydrogens is 500 g/mol. The zero-order valence-corrected chi connectivity index (χ0v) is 23.6. The van der Waals surface area contributed by atoms with Gasteiger partial charge in [0.05, 0.1) is 6.10 Å². The van der Waals surface area contributed by atoms with Gasteiger partial charge in [0.25, 0.3) is 0 Å². The molecule has 1 atom stereocenters. The van der Waals surface area contributed by atoms with Crippen molar-refractivity contribution in [1.82, 2.24) is 15.0 Å². The number of nitrogens with one attached hydrogen (secondary N) is 1. The van der Waals surface area contributed by atoms with E-state index >= 15 is 0 Å². The summed E-state index contributed by atoms with van der Waals surface area (Å²) in [6.07, 6.45) is 5.48. The van der Waals surface area contributed by atoms with Gasteiger partial charge in [0.1, 0.15) is 11.9 Å². The molecule has 0 amide bonds. The highest BCUT2D eigenvalue weighted by Gasteiger charge is 2.23. The molecule has 206 valence electrons. The van der Waals surface area contributed by atoms with Crippen molar-refractivity contribution in [2.45, 2.75) is 65.8 Å². The predicted molar refractivity (Wildman–Crippen MR) is 160 cm³/mol. The molecule has 2 heterocycles. The van der Waals surface area contributed by atoms with Crippen molar-refractivity contribution in [1.29, 1.82) is 0 Å². The minimum Gasteiger partial charge on any atom is -0.491 e. The van der Waals surface area contributed by atoms with Gasteiger partial charge in [0, 0.05) is 29.6 Å². The molecule has 0 saturated carbocycles. The van der Waals surface area contributed by atoms with Crippen molar-refractivity contribution in [2.24, 2.45) is 4.99 Å². The Hall–Kier alpha value is -4.39. The summed E-state index contributed by atoms with van der Waals surface area (Å²) >= 11 is 0. The number of benzene rings is 3. The molecule has 3 aromatic carbocycles. The molecule has 40 heavy (non-hydrogen) atoms. The summed E-state index contributed by atoms with van der Waals surface area (Å²) in [6.45, 7) is 9.21. The van der Waals surface area contributed by atoms with Crippen LogP contribution in [0.4, 0.5) is 0 Å². The van der Waals surface area contributed by atoms with Crippen LogP contribution in [0.1, 0.15) is 58.1 Å². The minimum absolute atomic E-state index is 0.108. The summed E-state index contributed by atoms with van der Waals surface area (Å²) in [7, 11) is 0. The number of ether oxygens (including phenoxy) is 1. The number of aromatic amines is 1. The number of hydrogen-bond acceptors (Lipinski definition) is 6. The van der Waals surface area contributed by atoms with Crippen molar-refractivity contribution in [2.75, 3.05) is 0 Å².